The molecule has 0 spiro atoms. The van der Waals surface area contributed by atoms with E-state index in [0.29, 0.717) is 43.7 Å². The maximum absolute atomic E-state index is 13.6. The molecule has 9 heteroatoms. The molecular formula is C32H37N5O4. The third-order valence-electron chi connectivity index (χ3n) is 10.1. The molecule has 4 heterocycles. The Morgan fingerprint density at radius 1 is 1.02 bits per heavy atom. The van der Waals surface area contributed by atoms with Crippen molar-refractivity contribution in [2.24, 2.45) is 5.41 Å². The molecule has 9 nitrogen and oxygen atoms in total. The van der Waals surface area contributed by atoms with E-state index >= 15 is 0 Å². The van der Waals surface area contributed by atoms with E-state index in [1.165, 1.54) is 0 Å². The van der Waals surface area contributed by atoms with Crippen LogP contribution in [-0.4, -0.2) is 76.7 Å². The summed E-state index contributed by atoms with van der Waals surface area (Å²) in [5, 5.41) is 4.60. The van der Waals surface area contributed by atoms with Crippen LogP contribution in [0.4, 0.5) is 10.5 Å². The van der Waals surface area contributed by atoms with Crippen LogP contribution in [0.1, 0.15) is 67.8 Å². The summed E-state index contributed by atoms with van der Waals surface area (Å²) in [5.41, 5.74) is 2.85. The van der Waals surface area contributed by atoms with Crippen LogP contribution in [0, 0.1) is 5.41 Å². The molecule has 41 heavy (non-hydrogen) atoms. The predicted molar refractivity (Wildman–Crippen MR) is 155 cm³/mol. The average molecular weight is 556 g/mol. The van der Waals surface area contributed by atoms with Crippen molar-refractivity contribution in [3.05, 3.63) is 53.7 Å². The smallest absolute Gasteiger partial charge is 0.320 e. The Morgan fingerprint density at radius 2 is 1.80 bits per heavy atom. The highest BCUT2D eigenvalue weighted by atomic mass is 16.2. The van der Waals surface area contributed by atoms with E-state index in [-0.39, 0.29) is 35.2 Å². The Kier molecular flexibility index (Phi) is 6.10. The van der Waals surface area contributed by atoms with Gasteiger partial charge in [-0.25, -0.2) is 4.79 Å². The maximum Gasteiger partial charge on any atom is 0.320 e. The van der Waals surface area contributed by atoms with E-state index < -0.39 is 6.04 Å². The highest BCUT2D eigenvalue weighted by Gasteiger charge is 2.44. The Morgan fingerprint density at radius 3 is 2.51 bits per heavy atom. The fourth-order valence-corrected chi connectivity index (χ4v) is 7.50. The van der Waals surface area contributed by atoms with Crippen LogP contribution >= 0.6 is 0 Å². The predicted octanol–water partition coefficient (Wildman–Crippen LogP) is 4.01. The van der Waals surface area contributed by atoms with E-state index in [2.05, 4.69) is 18.8 Å². The molecule has 0 aromatic heterocycles. The van der Waals surface area contributed by atoms with Crippen molar-refractivity contribution >= 4 is 40.2 Å². The summed E-state index contributed by atoms with van der Waals surface area (Å²) in [6.45, 7) is 9.18. The van der Waals surface area contributed by atoms with E-state index in [4.69, 9.17) is 0 Å². The largest absolute Gasteiger partial charge is 0.342 e. The topological polar surface area (TPSA) is 93.3 Å². The van der Waals surface area contributed by atoms with Gasteiger partial charge in [0.1, 0.15) is 6.04 Å². The number of allylic oxidation sites excluding steroid dienone is 1. The maximum atomic E-state index is 13.6. The number of benzene rings is 2. The van der Waals surface area contributed by atoms with Crippen LogP contribution < -0.4 is 10.2 Å². The van der Waals surface area contributed by atoms with Gasteiger partial charge in [0, 0.05) is 60.8 Å². The summed E-state index contributed by atoms with van der Waals surface area (Å²) in [7, 11) is 0. The van der Waals surface area contributed by atoms with Gasteiger partial charge in [-0.2, -0.15) is 0 Å². The van der Waals surface area contributed by atoms with Crippen LogP contribution in [0.3, 0.4) is 0 Å². The first-order chi connectivity index (χ1) is 19.7. The number of amides is 5. The molecule has 5 aliphatic rings. The third-order valence-corrected chi connectivity index (χ3v) is 10.1. The van der Waals surface area contributed by atoms with Crippen molar-refractivity contribution in [1.82, 2.24) is 20.0 Å². The number of nitrogens with one attached hydrogen (secondary N) is 1. The first-order valence-electron chi connectivity index (χ1n) is 15.0. The minimum absolute atomic E-state index is 0.0424. The van der Waals surface area contributed by atoms with Crippen LogP contribution in [-0.2, 0) is 16.1 Å². The summed E-state index contributed by atoms with van der Waals surface area (Å²) < 4.78 is 0. The molecule has 0 bridgehead atoms. The van der Waals surface area contributed by atoms with Crippen molar-refractivity contribution in [1.29, 1.82) is 0 Å². The van der Waals surface area contributed by atoms with Crippen molar-refractivity contribution in [2.45, 2.75) is 70.5 Å². The zero-order valence-corrected chi connectivity index (χ0v) is 23.7. The number of hydrogen-bond acceptors (Lipinski definition) is 4. The molecule has 3 saturated heterocycles. The van der Waals surface area contributed by atoms with E-state index in [1.54, 1.807) is 4.90 Å². The van der Waals surface area contributed by atoms with Gasteiger partial charge in [-0.3, -0.25) is 19.3 Å². The lowest BCUT2D eigenvalue weighted by Crippen LogP contribution is -2.52. The second kappa shape index (κ2) is 9.60. The van der Waals surface area contributed by atoms with Gasteiger partial charge in [0.15, 0.2) is 0 Å². The molecule has 4 fully saturated rings. The fraction of sp³-hybridized carbons (Fsp3) is 0.500. The average Bonchev–Trinajstić information content (AvgIpc) is 3.46. The molecule has 7 rings (SSSR count). The van der Waals surface area contributed by atoms with Gasteiger partial charge < -0.3 is 20.0 Å². The van der Waals surface area contributed by atoms with Gasteiger partial charge in [0.05, 0.1) is 5.69 Å². The molecular weight excluding hydrogens is 518 g/mol. The molecule has 1 saturated carbocycles. The lowest BCUT2D eigenvalue weighted by atomic mass is 9.69. The highest BCUT2D eigenvalue weighted by Crippen LogP contribution is 2.43. The van der Waals surface area contributed by atoms with Crippen molar-refractivity contribution in [2.75, 3.05) is 31.1 Å². The number of hydrogen-bond donors (Lipinski definition) is 1. The van der Waals surface area contributed by atoms with Crippen molar-refractivity contribution < 1.29 is 19.2 Å². The number of carbonyl (C=O) groups excluding carboxylic acids is 4. The number of rotatable bonds is 5. The summed E-state index contributed by atoms with van der Waals surface area (Å²) >= 11 is 0. The molecule has 2 aromatic carbocycles. The lowest BCUT2D eigenvalue weighted by molar-refractivity contribution is -0.147. The first kappa shape index (κ1) is 26.0. The second-order valence-corrected chi connectivity index (χ2v) is 12.6. The van der Waals surface area contributed by atoms with E-state index in [0.717, 1.165) is 67.2 Å². The van der Waals surface area contributed by atoms with Gasteiger partial charge in [-0.05, 0) is 61.6 Å². The van der Waals surface area contributed by atoms with Crippen molar-refractivity contribution in [3.8, 4) is 0 Å². The monoisotopic (exact) mass is 555 g/mol. The zero-order valence-electron chi connectivity index (χ0n) is 23.7. The summed E-state index contributed by atoms with van der Waals surface area (Å²) in [6.07, 6.45) is 5.93. The first-order valence-corrected chi connectivity index (χ1v) is 15.0. The lowest BCUT2D eigenvalue weighted by Gasteiger charge is -2.44. The molecule has 5 amide bonds. The van der Waals surface area contributed by atoms with Gasteiger partial charge in [0.25, 0.3) is 5.91 Å². The third kappa shape index (κ3) is 4.11. The molecule has 0 radical (unpaired) electrons. The molecule has 1 N–H and O–H groups in total. The van der Waals surface area contributed by atoms with Gasteiger partial charge in [-0.1, -0.05) is 38.1 Å². The van der Waals surface area contributed by atoms with Gasteiger partial charge in [0.2, 0.25) is 11.8 Å². The quantitative estimate of drug-likeness (QED) is 0.604. The summed E-state index contributed by atoms with van der Waals surface area (Å²) in [6, 6.07) is 9.26. The SMILES string of the molecule is C=C1CCC(N2C(=O)c3cccc4c(CN5CCN(C6CCN(C(=O)C7(C)CCC7)CC6)C5=O)ccc2c34)C(=O)N1. The molecule has 1 atom stereocenters. The number of nitrogens with zero attached hydrogens (tertiary/aromatic N) is 4. The Balaban J connectivity index is 1.06. The Labute approximate surface area is 240 Å². The minimum atomic E-state index is -0.568. The Hall–Kier alpha value is -3.88. The van der Waals surface area contributed by atoms with E-state index in [1.807, 2.05) is 45.0 Å². The molecule has 214 valence electrons. The number of anilines is 1. The Bertz CT molecular complexity index is 1490. The second-order valence-electron chi connectivity index (χ2n) is 12.6. The highest BCUT2D eigenvalue weighted by molar-refractivity contribution is 6.27. The number of piperidine rings is 2. The molecule has 4 aliphatic heterocycles. The standard InChI is InChI=1S/C32H37N5O4/c1-20-7-9-26(28(38)33-20)37-25-10-8-21(23-5-3-6-24(27(23)25)29(37)39)19-35-17-18-36(31(35)41)22-11-15-34(16-12-22)30(40)32(2)13-4-14-32/h3,5-6,8,10,22,26H,1,4,7,9,11-19H2,2H3,(H,33,38). The van der Waals surface area contributed by atoms with Crippen LogP contribution in [0.25, 0.3) is 10.8 Å². The van der Waals surface area contributed by atoms with Crippen LogP contribution in [0.5, 0.6) is 0 Å². The molecule has 2 aromatic rings. The van der Waals surface area contributed by atoms with Gasteiger partial charge in [-0.15, -0.1) is 0 Å². The fourth-order valence-electron chi connectivity index (χ4n) is 7.50. The normalized spacial score (nSPS) is 24.4. The van der Waals surface area contributed by atoms with Gasteiger partial charge >= 0.3 is 6.03 Å². The van der Waals surface area contributed by atoms with Crippen molar-refractivity contribution in [3.63, 3.8) is 0 Å². The summed E-state index contributed by atoms with van der Waals surface area (Å²) in [4.78, 5) is 60.3. The number of urea groups is 1. The molecule has 1 unspecified atom stereocenters. The minimum Gasteiger partial charge on any atom is -0.342 e. The summed E-state index contributed by atoms with van der Waals surface area (Å²) in [5.74, 6) is -0.0694. The van der Waals surface area contributed by atoms with Crippen LogP contribution in [0.15, 0.2) is 42.6 Å². The van der Waals surface area contributed by atoms with Crippen LogP contribution in [0.2, 0.25) is 0 Å². The van der Waals surface area contributed by atoms with E-state index in [9.17, 15) is 19.2 Å². The molecule has 1 aliphatic carbocycles. The number of likely N-dealkylation sites (tertiary alicyclic amines) is 1. The number of carbonyl (C=O) groups is 4. The zero-order chi connectivity index (χ0) is 28.5.